The van der Waals surface area contributed by atoms with Crippen molar-refractivity contribution in [1.29, 1.82) is 0 Å². The van der Waals surface area contributed by atoms with E-state index in [1.54, 1.807) is 0 Å². The second kappa shape index (κ2) is 4.84. The van der Waals surface area contributed by atoms with E-state index in [1.807, 2.05) is 0 Å². The monoisotopic (exact) mass is 287 g/mol. The van der Waals surface area contributed by atoms with Crippen LogP contribution < -0.4 is 5.09 Å². The van der Waals surface area contributed by atoms with E-state index >= 15 is 0 Å². The van der Waals surface area contributed by atoms with Crippen molar-refractivity contribution < 1.29 is 13.6 Å². The van der Waals surface area contributed by atoms with Gasteiger partial charge in [-0.3, -0.25) is 0 Å². The Labute approximate surface area is 116 Å². The van der Waals surface area contributed by atoms with Gasteiger partial charge in [-0.1, -0.05) is 0 Å². The van der Waals surface area contributed by atoms with Crippen LogP contribution in [0.25, 0.3) is 0 Å². The third kappa shape index (κ3) is 2.42. The fraction of sp³-hybridized carbons (Fsp3) is 1.00. The Balaban J connectivity index is 1.76. The van der Waals surface area contributed by atoms with Gasteiger partial charge in [-0.05, 0) is 68.6 Å². The molecular weight excluding hydrogens is 261 g/mol. The first-order valence-electron chi connectivity index (χ1n) is 7.48. The summed E-state index contributed by atoms with van der Waals surface area (Å²) in [5.74, 6) is 2.71. The Morgan fingerprint density at radius 3 is 1.84 bits per heavy atom. The van der Waals surface area contributed by atoms with Crippen LogP contribution in [0.3, 0.4) is 0 Å². The van der Waals surface area contributed by atoms with Crippen molar-refractivity contribution in [2.24, 2.45) is 23.2 Å². The zero-order valence-corrected chi connectivity index (χ0v) is 13.1. The maximum atomic E-state index is 12.3. The van der Waals surface area contributed by atoms with Crippen LogP contribution in [0, 0.1) is 23.2 Å². The molecule has 1 N–H and O–H groups in total. The minimum absolute atomic E-state index is 0.201. The molecule has 0 aromatic heterocycles. The molecule has 0 spiro atoms. The molecule has 0 radical (unpaired) electrons. The molecule has 1 atom stereocenters. The van der Waals surface area contributed by atoms with Crippen molar-refractivity contribution in [3.8, 4) is 0 Å². The van der Waals surface area contributed by atoms with Gasteiger partial charge in [0.05, 0.1) is 0 Å². The number of rotatable bonds is 5. The van der Waals surface area contributed by atoms with Crippen molar-refractivity contribution in [2.75, 3.05) is 14.2 Å². The van der Waals surface area contributed by atoms with Gasteiger partial charge >= 0.3 is 7.75 Å². The van der Waals surface area contributed by atoms with E-state index in [0.29, 0.717) is 5.41 Å². The van der Waals surface area contributed by atoms with E-state index < -0.39 is 7.75 Å². The maximum absolute atomic E-state index is 12.3. The highest BCUT2D eigenvalue weighted by Gasteiger charge is 2.53. The highest BCUT2D eigenvalue weighted by Crippen LogP contribution is 2.62. The van der Waals surface area contributed by atoms with Gasteiger partial charge in [-0.2, -0.15) is 0 Å². The lowest BCUT2D eigenvalue weighted by atomic mass is 9.48. The summed E-state index contributed by atoms with van der Waals surface area (Å²) in [5.41, 5.74) is 0.321. The molecule has 0 heterocycles. The summed E-state index contributed by atoms with van der Waals surface area (Å²) >= 11 is 0. The largest absolute Gasteiger partial charge is 0.405 e. The molecule has 4 bridgehead atoms. The minimum Gasteiger partial charge on any atom is -0.300 e. The first-order chi connectivity index (χ1) is 8.98. The predicted octanol–water partition coefficient (Wildman–Crippen LogP) is 3.58. The molecular formula is C14H26NO3P. The molecule has 4 saturated carbocycles. The summed E-state index contributed by atoms with van der Waals surface area (Å²) in [5, 5.41) is 3.16. The highest BCUT2D eigenvalue weighted by atomic mass is 31.2. The summed E-state index contributed by atoms with van der Waals surface area (Å²) in [4.78, 5) is 0. The molecule has 0 aromatic carbocycles. The minimum atomic E-state index is -3.11. The summed E-state index contributed by atoms with van der Waals surface area (Å²) in [6.07, 6.45) is 8.16. The highest BCUT2D eigenvalue weighted by molar-refractivity contribution is 7.51. The Hall–Kier alpha value is 0.110. The normalized spacial score (nSPS) is 42.6. The van der Waals surface area contributed by atoms with Crippen LogP contribution >= 0.6 is 7.75 Å². The van der Waals surface area contributed by atoms with E-state index in [0.717, 1.165) is 17.8 Å². The Morgan fingerprint density at radius 1 is 1.05 bits per heavy atom. The zero-order valence-electron chi connectivity index (χ0n) is 12.2. The van der Waals surface area contributed by atoms with Crippen LogP contribution in [0.2, 0.25) is 0 Å². The molecule has 5 heteroatoms. The van der Waals surface area contributed by atoms with Gasteiger partial charge in [-0.15, -0.1) is 0 Å². The lowest BCUT2D eigenvalue weighted by Gasteiger charge is -2.59. The molecule has 4 rings (SSSR count). The molecule has 4 aliphatic carbocycles. The molecule has 110 valence electrons. The molecule has 1 unspecified atom stereocenters. The Morgan fingerprint density at radius 2 is 1.47 bits per heavy atom. The molecule has 0 amide bonds. The second-order valence-electron chi connectivity index (χ2n) is 6.99. The summed E-state index contributed by atoms with van der Waals surface area (Å²) < 4.78 is 22.4. The van der Waals surface area contributed by atoms with E-state index in [4.69, 9.17) is 9.05 Å². The van der Waals surface area contributed by atoms with Crippen LogP contribution in [0.4, 0.5) is 0 Å². The topological polar surface area (TPSA) is 47.6 Å². The molecule has 4 nitrogen and oxygen atoms in total. The number of hydrogen-bond donors (Lipinski definition) is 1. The standard InChI is InChI=1S/C14H26NO3P/c1-10(15-19(16,17-2)18-3)14-7-11-4-12(8-14)6-13(5-11)9-14/h10-13H,4-9H2,1-3H3,(H,15,16). The van der Waals surface area contributed by atoms with Gasteiger partial charge in [-0.25, -0.2) is 9.65 Å². The molecule has 0 saturated heterocycles. The van der Waals surface area contributed by atoms with Gasteiger partial charge in [0.2, 0.25) is 0 Å². The predicted molar refractivity (Wildman–Crippen MR) is 74.8 cm³/mol. The smallest absolute Gasteiger partial charge is 0.300 e. The third-order valence-electron chi connectivity index (χ3n) is 5.84. The van der Waals surface area contributed by atoms with Crippen LogP contribution in [0.1, 0.15) is 45.4 Å². The lowest BCUT2D eigenvalue weighted by molar-refractivity contribution is -0.0678. The van der Waals surface area contributed by atoms with Crippen LogP contribution in [0.15, 0.2) is 0 Å². The van der Waals surface area contributed by atoms with Crippen molar-refractivity contribution >= 4 is 7.75 Å². The van der Waals surface area contributed by atoms with Gasteiger partial charge < -0.3 is 9.05 Å². The van der Waals surface area contributed by atoms with Crippen LogP contribution in [-0.2, 0) is 13.6 Å². The SMILES string of the molecule is COP(=O)(NC(C)C12CC3CC(CC(C3)C1)C2)OC. The Kier molecular flexibility index (Phi) is 3.58. The van der Waals surface area contributed by atoms with Gasteiger partial charge in [0.15, 0.2) is 0 Å². The third-order valence-corrected chi connectivity index (χ3v) is 7.50. The fourth-order valence-electron chi connectivity index (χ4n) is 5.26. The fourth-order valence-corrected chi connectivity index (χ4v) is 6.37. The quantitative estimate of drug-likeness (QED) is 0.785. The van der Waals surface area contributed by atoms with E-state index in [2.05, 4.69) is 12.0 Å². The molecule has 4 aliphatic rings. The maximum Gasteiger partial charge on any atom is 0.405 e. The average molecular weight is 287 g/mol. The molecule has 4 fully saturated rings. The number of nitrogens with one attached hydrogen (secondary N) is 1. The number of hydrogen-bond acceptors (Lipinski definition) is 3. The van der Waals surface area contributed by atoms with Crippen LogP contribution in [-0.4, -0.2) is 20.3 Å². The zero-order chi connectivity index (χ0) is 13.7. The van der Waals surface area contributed by atoms with Gasteiger partial charge in [0, 0.05) is 20.3 Å². The van der Waals surface area contributed by atoms with E-state index in [1.165, 1.54) is 52.7 Å². The molecule has 0 aromatic rings. The summed E-state index contributed by atoms with van der Waals surface area (Å²) in [6.45, 7) is 2.16. The van der Waals surface area contributed by atoms with Gasteiger partial charge in [0.25, 0.3) is 0 Å². The first-order valence-corrected chi connectivity index (χ1v) is 9.02. The summed E-state index contributed by atoms with van der Waals surface area (Å²) in [6, 6.07) is 0.201. The molecule has 0 aliphatic heterocycles. The first kappa shape index (κ1) is 14.1. The van der Waals surface area contributed by atoms with E-state index in [-0.39, 0.29) is 6.04 Å². The van der Waals surface area contributed by atoms with Crippen LogP contribution in [0.5, 0.6) is 0 Å². The van der Waals surface area contributed by atoms with Crippen molar-refractivity contribution in [3.63, 3.8) is 0 Å². The summed E-state index contributed by atoms with van der Waals surface area (Å²) in [7, 11) is -0.214. The van der Waals surface area contributed by atoms with Gasteiger partial charge in [0.1, 0.15) is 0 Å². The van der Waals surface area contributed by atoms with E-state index in [9.17, 15) is 4.57 Å². The average Bonchev–Trinajstić information content (AvgIpc) is 2.37. The van der Waals surface area contributed by atoms with Crippen molar-refractivity contribution in [2.45, 2.75) is 51.5 Å². The molecule has 19 heavy (non-hydrogen) atoms. The lowest BCUT2D eigenvalue weighted by Crippen LogP contribution is -2.54. The van der Waals surface area contributed by atoms with Crippen molar-refractivity contribution in [3.05, 3.63) is 0 Å². The van der Waals surface area contributed by atoms with Crippen molar-refractivity contribution in [1.82, 2.24) is 5.09 Å². The second-order valence-corrected chi connectivity index (χ2v) is 8.98. The Bertz CT molecular complexity index is 355.